The van der Waals surface area contributed by atoms with E-state index in [-0.39, 0.29) is 0 Å². The number of benzene rings is 1. The van der Waals surface area contributed by atoms with E-state index in [9.17, 15) is 0 Å². The Hall–Kier alpha value is -1.32. The summed E-state index contributed by atoms with van der Waals surface area (Å²) >= 11 is 1.66. The molecule has 1 rings (SSSR count). The van der Waals surface area contributed by atoms with Crippen molar-refractivity contribution in [2.24, 2.45) is 5.11 Å². The molecule has 0 radical (unpaired) electrons. The maximum absolute atomic E-state index is 8.06. The minimum atomic E-state index is 0.521. The predicted molar refractivity (Wildman–Crippen MR) is 57.7 cm³/mol. The lowest BCUT2D eigenvalue weighted by Crippen LogP contribution is -1.84. The average molecular weight is 209 g/mol. The normalized spacial score (nSPS) is 9.21. The van der Waals surface area contributed by atoms with Gasteiger partial charge in [0.2, 0.25) is 0 Å². The van der Waals surface area contributed by atoms with Crippen LogP contribution in [0.2, 0.25) is 0 Å². The fraction of sp³-hybridized carbons (Fsp3) is 0.333. The van der Waals surface area contributed by atoms with E-state index in [4.69, 9.17) is 10.3 Å². The Morgan fingerprint density at radius 1 is 1.43 bits per heavy atom. The SMILES string of the molecule is COc1ccc(SCCN=[N+]=[N-])cc1. The Balaban J connectivity index is 2.39. The van der Waals surface area contributed by atoms with Crippen LogP contribution in [-0.2, 0) is 0 Å². The van der Waals surface area contributed by atoms with Crippen LogP contribution in [0.1, 0.15) is 0 Å². The minimum Gasteiger partial charge on any atom is -0.497 e. The Bertz CT molecular complexity index is 319. The first-order valence-electron chi connectivity index (χ1n) is 4.14. The molecule has 5 heteroatoms. The zero-order valence-electron chi connectivity index (χ0n) is 7.88. The van der Waals surface area contributed by atoms with E-state index < -0.39 is 0 Å². The molecule has 0 amide bonds. The predicted octanol–water partition coefficient (Wildman–Crippen LogP) is 3.10. The van der Waals surface area contributed by atoms with E-state index in [1.165, 1.54) is 0 Å². The molecule has 0 bridgehead atoms. The summed E-state index contributed by atoms with van der Waals surface area (Å²) in [5.74, 6) is 1.65. The maximum atomic E-state index is 8.06. The van der Waals surface area contributed by atoms with Crippen molar-refractivity contribution in [3.8, 4) is 5.75 Å². The van der Waals surface area contributed by atoms with Gasteiger partial charge in [-0.25, -0.2) is 0 Å². The molecule has 0 saturated heterocycles. The smallest absolute Gasteiger partial charge is 0.118 e. The largest absolute Gasteiger partial charge is 0.497 e. The molecule has 0 fully saturated rings. The molecule has 0 heterocycles. The van der Waals surface area contributed by atoms with Gasteiger partial charge < -0.3 is 4.74 Å². The molecular weight excluding hydrogens is 198 g/mol. The first-order valence-corrected chi connectivity index (χ1v) is 5.13. The van der Waals surface area contributed by atoms with E-state index in [1.54, 1.807) is 18.9 Å². The molecule has 0 unspecified atom stereocenters. The maximum Gasteiger partial charge on any atom is 0.118 e. The van der Waals surface area contributed by atoms with Gasteiger partial charge in [0, 0.05) is 22.1 Å². The van der Waals surface area contributed by atoms with Gasteiger partial charge in [-0.05, 0) is 29.8 Å². The molecule has 0 aliphatic carbocycles. The summed E-state index contributed by atoms with van der Waals surface area (Å²) in [4.78, 5) is 3.84. The number of hydrogen-bond acceptors (Lipinski definition) is 3. The molecule has 0 saturated carbocycles. The van der Waals surface area contributed by atoms with Crippen molar-refractivity contribution in [1.29, 1.82) is 0 Å². The standard InChI is InChI=1S/C9H11N3OS/c1-13-8-2-4-9(5-3-8)14-7-6-11-12-10/h2-5H,6-7H2,1H3. The molecule has 0 N–H and O–H groups in total. The van der Waals surface area contributed by atoms with Crippen LogP contribution in [0.4, 0.5) is 0 Å². The number of methoxy groups -OCH3 is 1. The molecule has 1 aromatic rings. The molecular formula is C9H11N3OS. The number of rotatable bonds is 5. The summed E-state index contributed by atoms with van der Waals surface area (Å²) in [7, 11) is 1.64. The number of nitrogens with zero attached hydrogens (tertiary/aromatic N) is 3. The first-order chi connectivity index (χ1) is 6.86. The van der Waals surface area contributed by atoms with Gasteiger partial charge in [-0.3, -0.25) is 0 Å². The van der Waals surface area contributed by atoms with E-state index in [0.717, 1.165) is 16.4 Å². The molecule has 4 nitrogen and oxygen atoms in total. The molecule has 0 aromatic heterocycles. The van der Waals surface area contributed by atoms with Crippen LogP contribution in [0, 0.1) is 0 Å². The summed E-state index contributed by atoms with van der Waals surface area (Å²) in [5, 5.41) is 3.46. The molecule has 0 aliphatic heterocycles. The Labute approximate surface area is 86.9 Å². The monoisotopic (exact) mass is 209 g/mol. The first kappa shape index (κ1) is 10.8. The Kier molecular flexibility index (Phi) is 4.75. The number of ether oxygens (including phenoxy) is 1. The van der Waals surface area contributed by atoms with Crippen molar-refractivity contribution in [1.82, 2.24) is 0 Å². The second kappa shape index (κ2) is 6.18. The van der Waals surface area contributed by atoms with Gasteiger partial charge in [0.1, 0.15) is 5.75 Å². The van der Waals surface area contributed by atoms with Crippen LogP contribution in [0.3, 0.4) is 0 Å². The van der Waals surface area contributed by atoms with Gasteiger partial charge >= 0.3 is 0 Å². The summed E-state index contributed by atoms with van der Waals surface area (Å²) in [6.45, 7) is 0.521. The van der Waals surface area contributed by atoms with Gasteiger partial charge in [0.05, 0.1) is 7.11 Å². The van der Waals surface area contributed by atoms with Crippen molar-refractivity contribution in [3.05, 3.63) is 34.7 Å². The lowest BCUT2D eigenvalue weighted by molar-refractivity contribution is 0.414. The van der Waals surface area contributed by atoms with E-state index in [1.807, 2.05) is 24.3 Å². The minimum absolute atomic E-state index is 0.521. The third-order valence-electron chi connectivity index (χ3n) is 1.58. The zero-order chi connectivity index (χ0) is 10.2. The van der Waals surface area contributed by atoms with Crippen LogP contribution < -0.4 is 4.74 Å². The Morgan fingerprint density at radius 2 is 2.14 bits per heavy atom. The highest BCUT2D eigenvalue weighted by atomic mass is 32.2. The number of hydrogen-bond donors (Lipinski definition) is 0. The lowest BCUT2D eigenvalue weighted by Gasteiger charge is -2.01. The molecule has 0 spiro atoms. The molecule has 1 aromatic carbocycles. The second-order valence-electron chi connectivity index (χ2n) is 2.48. The van der Waals surface area contributed by atoms with Crippen molar-refractivity contribution in [3.63, 3.8) is 0 Å². The molecule has 0 atom stereocenters. The Morgan fingerprint density at radius 3 is 2.71 bits per heavy atom. The number of azide groups is 1. The molecule has 74 valence electrons. The molecule has 14 heavy (non-hydrogen) atoms. The van der Waals surface area contributed by atoms with Gasteiger partial charge in [0.15, 0.2) is 0 Å². The van der Waals surface area contributed by atoms with Gasteiger partial charge in [-0.1, -0.05) is 5.11 Å². The van der Waals surface area contributed by atoms with Gasteiger partial charge in [0.25, 0.3) is 0 Å². The van der Waals surface area contributed by atoms with Crippen LogP contribution in [-0.4, -0.2) is 19.4 Å². The highest BCUT2D eigenvalue weighted by molar-refractivity contribution is 7.99. The summed E-state index contributed by atoms with van der Waals surface area (Å²) in [5.41, 5.74) is 8.06. The van der Waals surface area contributed by atoms with E-state index in [2.05, 4.69) is 10.0 Å². The third kappa shape index (κ3) is 3.60. The van der Waals surface area contributed by atoms with Crippen molar-refractivity contribution >= 4 is 11.8 Å². The van der Waals surface area contributed by atoms with Crippen LogP contribution in [0.15, 0.2) is 34.3 Å². The van der Waals surface area contributed by atoms with Crippen molar-refractivity contribution in [2.45, 2.75) is 4.90 Å². The van der Waals surface area contributed by atoms with Gasteiger partial charge in [-0.15, -0.1) is 11.8 Å². The lowest BCUT2D eigenvalue weighted by atomic mass is 10.3. The van der Waals surface area contributed by atoms with E-state index >= 15 is 0 Å². The fourth-order valence-corrected chi connectivity index (χ4v) is 1.66. The zero-order valence-corrected chi connectivity index (χ0v) is 8.70. The third-order valence-corrected chi connectivity index (χ3v) is 2.57. The van der Waals surface area contributed by atoms with E-state index in [0.29, 0.717) is 6.54 Å². The summed E-state index contributed by atoms with van der Waals surface area (Å²) in [6, 6.07) is 7.80. The topological polar surface area (TPSA) is 58.0 Å². The highest BCUT2D eigenvalue weighted by Crippen LogP contribution is 2.20. The number of thioether (sulfide) groups is 1. The fourth-order valence-electron chi connectivity index (χ4n) is 0.921. The average Bonchev–Trinajstić information content (AvgIpc) is 2.25. The summed E-state index contributed by atoms with van der Waals surface area (Å²) in [6.07, 6.45) is 0. The van der Waals surface area contributed by atoms with Crippen LogP contribution >= 0.6 is 11.8 Å². The van der Waals surface area contributed by atoms with Crippen LogP contribution in [0.5, 0.6) is 5.75 Å². The van der Waals surface area contributed by atoms with Crippen molar-refractivity contribution < 1.29 is 4.74 Å². The quantitative estimate of drug-likeness (QED) is 0.246. The highest BCUT2D eigenvalue weighted by Gasteiger charge is 1.94. The van der Waals surface area contributed by atoms with Gasteiger partial charge in [-0.2, -0.15) is 0 Å². The van der Waals surface area contributed by atoms with Crippen LogP contribution in [0.25, 0.3) is 10.4 Å². The van der Waals surface area contributed by atoms with Crippen molar-refractivity contribution in [2.75, 3.05) is 19.4 Å². The summed E-state index contributed by atoms with van der Waals surface area (Å²) < 4.78 is 5.04. The molecule has 0 aliphatic rings. The second-order valence-corrected chi connectivity index (χ2v) is 3.65.